The molecular formula is C23H25N3O2S2. The van der Waals surface area contributed by atoms with Crippen LogP contribution in [0.1, 0.15) is 38.7 Å². The van der Waals surface area contributed by atoms with Gasteiger partial charge in [0.2, 0.25) is 0 Å². The van der Waals surface area contributed by atoms with Crippen molar-refractivity contribution in [2.75, 3.05) is 12.4 Å². The van der Waals surface area contributed by atoms with E-state index in [1.165, 1.54) is 11.3 Å². The van der Waals surface area contributed by atoms with E-state index in [0.717, 1.165) is 57.2 Å². The summed E-state index contributed by atoms with van der Waals surface area (Å²) in [4.78, 5) is 23.6. The summed E-state index contributed by atoms with van der Waals surface area (Å²) in [6, 6.07) is 11.9. The fourth-order valence-corrected chi connectivity index (χ4v) is 5.30. The molecule has 0 unspecified atom stereocenters. The quantitative estimate of drug-likeness (QED) is 0.189. The van der Waals surface area contributed by atoms with E-state index in [0.29, 0.717) is 17.9 Å². The van der Waals surface area contributed by atoms with Gasteiger partial charge in [-0.15, -0.1) is 11.3 Å². The summed E-state index contributed by atoms with van der Waals surface area (Å²) in [6.07, 6.45) is 4.94. The van der Waals surface area contributed by atoms with Crippen molar-refractivity contribution in [2.24, 2.45) is 0 Å². The highest BCUT2D eigenvalue weighted by atomic mass is 32.2. The van der Waals surface area contributed by atoms with Gasteiger partial charge in [-0.2, -0.15) is 0 Å². The normalized spacial score (nSPS) is 11.4. The average Bonchev–Trinajstić information content (AvgIpc) is 3.15. The summed E-state index contributed by atoms with van der Waals surface area (Å²) in [7, 11) is 0. The zero-order valence-corrected chi connectivity index (χ0v) is 18.9. The Morgan fingerprint density at radius 3 is 2.73 bits per heavy atom. The van der Waals surface area contributed by atoms with Crippen LogP contribution in [0.3, 0.4) is 0 Å². The Hall–Kier alpha value is -2.38. The number of unbranched alkanes of at least 4 members (excludes halogenated alkanes) is 1. The lowest BCUT2D eigenvalue weighted by Gasteiger charge is -2.13. The van der Waals surface area contributed by atoms with Crippen molar-refractivity contribution in [3.8, 4) is 5.75 Å². The number of benzene rings is 1. The second-order valence-corrected chi connectivity index (χ2v) is 9.18. The van der Waals surface area contributed by atoms with E-state index in [1.54, 1.807) is 22.5 Å². The fourth-order valence-electron chi connectivity index (χ4n) is 3.19. The van der Waals surface area contributed by atoms with Gasteiger partial charge in [0, 0.05) is 17.3 Å². The molecule has 1 aromatic carbocycles. The van der Waals surface area contributed by atoms with Gasteiger partial charge in [0.1, 0.15) is 15.3 Å². The van der Waals surface area contributed by atoms with Crippen molar-refractivity contribution in [3.05, 3.63) is 58.5 Å². The van der Waals surface area contributed by atoms with Crippen LogP contribution in [-0.2, 0) is 6.54 Å². The van der Waals surface area contributed by atoms with Crippen LogP contribution in [-0.4, -0.2) is 26.9 Å². The number of nitrogens with zero attached hydrogens (tertiary/aromatic N) is 3. The van der Waals surface area contributed by atoms with E-state index in [2.05, 4.69) is 18.8 Å². The summed E-state index contributed by atoms with van der Waals surface area (Å²) < 4.78 is 8.15. The van der Waals surface area contributed by atoms with Crippen LogP contribution in [0.4, 0.5) is 0 Å². The number of thioether (sulfide) groups is 1. The van der Waals surface area contributed by atoms with Gasteiger partial charge >= 0.3 is 0 Å². The molecule has 0 atom stereocenters. The van der Waals surface area contributed by atoms with Crippen LogP contribution in [0.25, 0.3) is 20.4 Å². The highest BCUT2D eigenvalue weighted by Crippen LogP contribution is 2.31. The van der Waals surface area contributed by atoms with Crippen LogP contribution in [0.15, 0.2) is 52.5 Å². The first-order valence-corrected chi connectivity index (χ1v) is 12.1. The van der Waals surface area contributed by atoms with Gasteiger partial charge in [-0.25, -0.2) is 9.97 Å². The second-order valence-electron chi connectivity index (χ2n) is 7.12. The Kier molecular flexibility index (Phi) is 6.69. The Morgan fingerprint density at radius 1 is 1.13 bits per heavy atom. The van der Waals surface area contributed by atoms with E-state index in [9.17, 15) is 4.79 Å². The number of rotatable bonds is 9. The van der Waals surface area contributed by atoms with Gasteiger partial charge in [0.25, 0.3) is 5.56 Å². The molecular weight excluding hydrogens is 414 g/mol. The average molecular weight is 440 g/mol. The topological polar surface area (TPSA) is 57.0 Å². The van der Waals surface area contributed by atoms with E-state index in [1.807, 2.05) is 36.4 Å². The SMILES string of the molecule is CCCCSc1nc2c(sc3ncccc32)c(=O)n1Cc1ccc(OCCC)cc1. The third-order valence-corrected chi connectivity index (χ3v) is 6.94. The summed E-state index contributed by atoms with van der Waals surface area (Å²) in [5.74, 6) is 1.80. The van der Waals surface area contributed by atoms with E-state index >= 15 is 0 Å². The zero-order valence-electron chi connectivity index (χ0n) is 17.3. The number of aromatic nitrogens is 3. The molecule has 0 spiro atoms. The summed E-state index contributed by atoms with van der Waals surface area (Å²) in [5, 5.41) is 1.73. The minimum atomic E-state index is 0.00769. The Labute approximate surface area is 184 Å². The summed E-state index contributed by atoms with van der Waals surface area (Å²) in [6.45, 7) is 5.46. The van der Waals surface area contributed by atoms with Gasteiger partial charge in [-0.05, 0) is 42.7 Å². The second kappa shape index (κ2) is 9.62. The molecule has 0 amide bonds. The maximum absolute atomic E-state index is 13.4. The number of ether oxygens (including phenoxy) is 1. The number of fused-ring (bicyclic) bond motifs is 3. The van der Waals surface area contributed by atoms with E-state index in [-0.39, 0.29) is 5.56 Å². The third kappa shape index (κ3) is 4.37. The van der Waals surface area contributed by atoms with Gasteiger partial charge in [-0.1, -0.05) is 44.2 Å². The first-order valence-electron chi connectivity index (χ1n) is 10.3. The molecule has 0 radical (unpaired) electrons. The molecule has 0 aliphatic carbocycles. The monoisotopic (exact) mass is 439 g/mol. The van der Waals surface area contributed by atoms with Crippen molar-refractivity contribution in [1.29, 1.82) is 0 Å². The molecule has 3 heterocycles. The molecule has 4 rings (SSSR count). The number of hydrogen-bond acceptors (Lipinski definition) is 6. The lowest BCUT2D eigenvalue weighted by atomic mass is 10.2. The van der Waals surface area contributed by atoms with Gasteiger partial charge < -0.3 is 4.74 Å². The molecule has 0 saturated carbocycles. The van der Waals surface area contributed by atoms with Crippen molar-refractivity contribution in [3.63, 3.8) is 0 Å². The number of hydrogen-bond donors (Lipinski definition) is 0. The van der Waals surface area contributed by atoms with Crippen LogP contribution >= 0.6 is 23.1 Å². The summed E-state index contributed by atoms with van der Waals surface area (Å²) in [5.41, 5.74) is 1.83. The number of pyridine rings is 1. The molecule has 0 aliphatic heterocycles. The molecule has 30 heavy (non-hydrogen) atoms. The molecule has 0 N–H and O–H groups in total. The molecule has 3 aromatic heterocycles. The molecule has 0 bridgehead atoms. The smallest absolute Gasteiger partial charge is 0.272 e. The number of thiophene rings is 1. The minimum Gasteiger partial charge on any atom is -0.494 e. The van der Waals surface area contributed by atoms with Crippen molar-refractivity contribution in [2.45, 2.75) is 44.8 Å². The van der Waals surface area contributed by atoms with Crippen LogP contribution in [0.2, 0.25) is 0 Å². The Bertz CT molecular complexity index is 1200. The molecule has 7 heteroatoms. The van der Waals surface area contributed by atoms with Crippen LogP contribution < -0.4 is 10.3 Å². The van der Waals surface area contributed by atoms with Gasteiger partial charge in [-0.3, -0.25) is 9.36 Å². The predicted molar refractivity (Wildman–Crippen MR) is 126 cm³/mol. The molecule has 0 fully saturated rings. The van der Waals surface area contributed by atoms with Crippen molar-refractivity contribution >= 4 is 43.5 Å². The fraction of sp³-hybridized carbons (Fsp3) is 0.348. The van der Waals surface area contributed by atoms with E-state index < -0.39 is 0 Å². The maximum Gasteiger partial charge on any atom is 0.272 e. The molecule has 5 nitrogen and oxygen atoms in total. The molecule has 0 saturated heterocycles. The maximum atomic E-state index is 13.4. The lowest BCUT2D eigenvalue weighted by Crippen LogP contribution is -2.23. The van der Waals surface area contributed by atoms with E-state index in [4.69, 9.17) is 9.72 Å². The largest absolute Gasteiger partial charge is 0.494 e. The lowest BCUT2D eigenvalue weighted by molar-refractivity contribution is 0.317. The Morgan fingerprint density at radius 2 is 1.97 bits per heavy atom. The highest BCUT2D eigenvalue weighted by molar-refractivity contribution is 7.99. The highest BCUT2D eigenvalue weighted by Gasteiger charge is 2.17. The predicted octanol–water partition coefficient (Wildman–Crippen LogP) is 5.74. The van der Waals surface area contributed by atoms with Gasteiger partial charge in [0.05, 0.1) is 18.7 Å². The molecule has 156 valence electrons. The van der Waals surface area contributed by atoms with Crippen molar-refractivity contribution < 1.29 is 4.74 Å². The standard InChI is InChI=1S/C23H25N3O2S2/c1-3-5-14-29-23-25-19-18-7-6-12-24-21(18)30-20(19)22(27)26(23)15-16-8-10-17(11-9-16)28-13-4-2/h6-12H,3-5,13-15H2,1-2H3. The van der Waals surface area contributed by atoms with Crippen LogP contribution in [0, 0.1) is 0 Å². The van der Waals surface area contributed by atoms with Crippen molar-refractivity contribution in [1.82, 2.24) is 14.5 Å². The first-order chi connectivity index (χ1) is 14.7. The third-order valence-electron chi connectivity index (χ3n) is 4.78. The Balaban J connectivity index is 1.74. The first kappa shape index (κ1) is 20.9. The van der Waals surface area contributed by atoms with Gasteiger partial charge in [0.15, 0.2) is 5.16 Å². The molecule has 0 aliphatic rings. The summed E-state index contributed by atoms with van der Waals surface area (Å²) >= 11 is 3.08. The minimum absolute atomic E-state index is 0.00769. The van der Waals surface area contributed by atoms with Crippen LogP contribution in [0.5, 0.6) is 5.75 Å². The zero-order chi connectivity index (χ0) is 20.9. The molecule has 4 aromatic rings.